The Bertz CT molecular complexity index is 724. The van der Waals surface area contributed by atoms with Crippen molar-refractivity contribution in [2.45, 2.75) is 25.7 Å². The van der Waals surface area contributed by atoms with E-state index < -0.39 is 0 Å². The topological polar surface area (TPSA) is 62.3 Å². The molecule has 0 aliphatic carbocycles. The van der Waals surface area contributed by atoms with Crippen LogP contribution in [0.3, 0.4) is 0 Å². The Hall–Kier alpha value is -1.92. The molecule has 0 atom stereocenters. The lowest BCUT2D eigenvalue weighted by molar-refractivity contribution is -0.131. The number of carbonyl (C=O) groups is 2. The Morgan fingerprint density at radius 3 is 2.58 bits per heavy atom. The van der Waals surface area contributed by atoms with Crippen molar-refractivity contribution in [1.82, 2.24) is 9.88 Å². The summed E-state index contributed by atoms with van der Waals surface area (Å²) in [6, 6.07) is 6.65. The van der Waals surface area contributed by atoms with Crippen LogP contribution in [0.4, 0.5) is 5.13 Å². The van der Waals surface area contributed by atoms with Crippen molar-refractivity contribution in [3.8, 4) is 0 Å². The fourth-order valence-electron chi connectivity index (χ4n) is 2.63. The molecule has 2 heterocycles. The number of aromatic nitrogens is 1. The first-order valence-corrected chi connectivity index (χ1v) is 9.17. The minimum absolute atomic E-state index is 0.107. The second-order valence-electron chi connectivity index (χ2n) is 5.72. The average molecular weight is 364 g/mol. The molecule has 2 amide bonds. The number of rotatable bonds is 4. The molecule has 1 fully saturated rings. The molecule has 0 bridgehead atoms. The number of thiazole rings is 1. The molecule has 2 aromatic rings. The fourth-order valence-corrected chi connectivity index (χ4v) is 3.46. The number of anilines is 1. The highest BCUT2D eigenvalue weighted by molar-refractivity contribution is 7.14. The van der Waals surface area contributed by atoms with E-state index in [0.717, 1.165) is 25.9 Å². The highest BCUT2D eigenvalue weighted by Crippen LogP contribution is 2.19. The first kappa shape index (κ1) is 16.9. The lowest BCUT2D eigenvalue weighted by Crippen LogP contribution is -2.36. The van der Waals surface area contributed by atoms with Crippen LogP contribution in [0, 0.1) is 0 Å². The SMILES string of the molecule is O=C(Nc1nc(CC(=O)N2CCCCC2)cs1)c1ccc(Cl)cc1. The van der Waals surface area contributed by atoms with Crippen molar-refractivity contribution in [2.75, 3.05) is 18.4 Å². The number of amides is 2. The molecule has 7 heteroatoms. The van der Waals surface area contributed by atoms with Crippen LogP contribution in [0.5, 0.6) is 0 Å². The molecule has 3 rings (SSSR count). The summed E-state index contributed by atoms with van der Waals surface area (Å²) in [5.41, 5.74) is 1.21. The van der Waals surface area contributed by atoms with Crippen LogP contribution in [-0.4, -0.2) is 34.8 Å². The largest absolute Gasteiger partial charge is 0.342 e. The van der Waals surface area contributed by atoms with Gasteiger partial charge < -0.3 is 4.90 Å². The maximum atomic E-state index is 12.2. The number of nitrogens with zero attached hydrogens (tertiary/aromatic N) is 2. The average Bonchev–Trinajstić information content (AvgIpc) is 3.03. The van der Waals surface area contributed by atoms with Gasteiger partial charge in [0.05, 0.1) is 12.1 Å². The third-order valence-electron chi connectivity index (χ3n) is 3.92. The van der Waals surface area contributed by atoms with Crippen molar-refractivity contribution in [3.05, 3.63) is 45.9 Å². The molecule has 0 spiro atoms. The lowest BCUT2D eigenvalue weighted by Gasteiger charge is -2.26. The summed E-state index contributed by atoms with van der Waals surface area (Å²) in [6.07, 6.45) is 3.63. The number of piperidine rings is 1. The van der Waals surface area contributed by atoms with Gasteiger partial charge >= 0.3 is 0 Å². The molecular formula is C17H18ClN3O2S. The van der Waals surface area contributed by atoms with E-state index in [-0.39, 0.29) is 18.2 Å². The Kier molecular flexibility index (Phi) is 5.48. The maximum absolute atomic E-state index is 12.2. The minimum atomic E-state index is -0.241. The zero-order chi connectivity index (χ0) is 16.9. The first-order valence-electron chi connectivity index (χ1n) is 7.91. The van der Waals surface area contributed by atoms with Crippen molar-refractivity contribution in [3.63, 3.8) is 0 Å². The van der Waals surface area contributed by atoms with Crippen LogP contribution < -0.4 is 5.32 Å². The van der Waals surface area contributed by atoms with Gasteiger partial charge in [-0.05, 0) is 43.5 Å². The van der Waals surface area contributed by atoms with E-state index in [2.05, 4.69) is 10.3 Å². The van der Waals surface area contributed by atoms with Crippen molar-refractivity contribution >= 4 is 39.9 Å². The molecule has 5 nitrogen and oxygen atoms in total. The Morgan fingerprint density at radius 2 is 1.88 bits per heavy atom. The van der Waals surface area contributed by atoms with E-state index in [1.165, 1.54) is 17.8 Å². The third-order valence-corrected chi connectivity index (χ3v) is 4.98. The van der Waals surface area contributed by atoms with Gasteiger partial charge in [-0.1, -0.05) is 11.6 Å². The quantitative estimate of drug-likeness (QED) is 0.902. The third kappa shape index (κ3) is 4.33. The molecular weight excluding hydrogens is 346 g/mol. The zero-order valence-corrected chi connectivity index (χ0v) is 14.7. The Balaban J connectivity index is 1.57. The van der Waals surface area contributed by atoms with Gasteiger partial charge in [0.1, 0.15) is 0 Å². The summed E-state index contributed by atoms with van der Waals surface area (Å²) in [4.78, 5) is 30.6. The van der Waals surface area contributed by atoms with E-state index in [1.807, 2.05) is 10.3 Å². The number of carbonyl (C=O) groups excluding carboxylic acids is 2. The normalized spacial score (nSPS) is 14.5. The van der Waals surface area contributed by atoms with Crippen LogP contribution in [0.1, 0.15) is 35.3 Å². The summed E-state index contributed by atoms with van der Waals surface area (Å²) in [5.74, 6) is -0.134. The van der Waals surface area contributed by atoms with Crippen molar-refractivity contribution in [1.29, 1.82) is 0 Å². The van der Waals surface area contributed by atoms with E-state index in [4.69, 9.17) is 11.6 Å². The highest BCUT2D eigenvalue weighted by Gasteiger charge is 2.18. The molecule has 1 aliphatic heterocycles. The molecule has 1 aromatic heterocycles. The van der Waals surface area contributed by atoms with Crippen LogP contribution in [0.15, 0.2) is 29.6 Å². The molecule has 1 saturated heterocycles. The van der Waals surface area contributed by atoms with Gasteiger partial charge in [-0.15, -0.1) is 11.3 Å². The van der Waals surface area contributed by atoms with E-state index in [9.17, 15) is 9.59 Å². The van der Waals surface area contributed by atoms with Crippen molar-refractivity contribution < 1.29 is 9.59 Å². The van der Waals surface area contributed by atoms with E-state index in [1.54, 1.807) is 24.3 Å². The zero-order valence-electron chi connectivity index (χ0n) is 13.1. The molecule has 0 radical (unpaired) electrons. The second-order valence-corrected chi connectivity index (χ2v) is 7.02. The number of hydrogen-bond acceptors (Lipinski definition) is 4. The number of nitrogens with one attached hydrogen (secondary N) is 1. The number of benzene rings is 1. The number of hydrogen-bond donors (Lipinski definition) is 1. The predicted molar refractivity (Wildman–Crippen MR) is 95.7 cm³/mol. The first-order chi connectivity index (χ1) is 11.6. The lowest BCUT2D eigenvalue weighted by atomic mass is 10.1. The molecule has 24 heavy (non-hydrogen) atoms. The smallest absolute Gasteiger partial charge is 0.257 e. The summed E-state index contributed by atoms with van der Waals surface area (Å²) in [7, 11) is 0. The summed E-state index contributed by atoms with van der Waals surface area (Å²) in [6.45, 7) is 1.67. The Morgan fingerprint density at radius 1 is 1.17 bits per heavy atom. The number of halogens is 1. The van der Waals surface area contributed by atoms with Crippen LogP contribution in [0.2, 0.25) is 5.02 Å². The second kappa shape index (κ2) is 7.77. The van der Waals surface area contributed by atoms with Crippen LogP contribution in [0.25, 0.3) is 0 Å². The highest BCUT2D eigenvalue weighted by atomic mass is 35.5. The van der Waals surface area contributed by atoms with Crippen LogP contribution >= 0.6 is 22.9 Å². The monoisotopic (exact) mass is 363 g/mol. The minimum Gasteiger partial charge on any atom is -0.342 e. The summed E-state index contributed by atoms with van der Waals surface area (Å²) >= 11 is 7.14. The van der Waals surface area contributed by atoms with E-state index >= 15 is 0 Å². The van der Waals surface area contributed by atoms with Crippen LogP contribution in [-0.2, 0) is 11.2 Å². The van der Waals surface area contributed by atoms with Gasteiger partial charge in [-0.2, -0.15) is 0 Å². The van der Waals surface area contributed by atoms with Gasteiger partial charge in [0.2, 0.25) is 5.91 Å². The molecule has 1 aliphatic rings. The fraction of sp³-hybridized carbons (Fsp3) is 0.353. The van der Waals surface area contributed by atoms with Gasteiger partial charge in [0.15, 0.2) is 5.13 Å². The molecule has 1 N–H and O–H groups in total. The number of likely N-dealkylation sites (tertiary alicyclic amines) is 1. The van der Waals surface area contributed by atoms with Gasteiger partial charge in [-0.25, -0.2) is 4.98 Å². The Labute approximate surface area is 149 Å². The standard InChI is InChI=1S/C17H18ClN3O2S/c18-13-6-4-12(5-7-13)16(23)20-17-19-14(11-24-17)10-15(22)21-8-2-1-3-9-21/h4-7,11H,1-3,8-10H2,(H,19,20,23). The molecule has 1 aromatic carbocycles. The van der Waals surface area contributed by atoms with Gasteiger partial charge in [-0.3, -0.25) is 14.9 Å². The molecule has 0 saturated carbocycles. The molecule has 0 unspecified atom stereocenters. The summed E-state index contributed by atoms with van der Waals surface area (Å²) < 4.78 is 0. The molecule has 126 valence electrons. The van der Waals surface area contributed by atoms with Gasteiger partial charge in [0, 0.05) is 29.1 Å². The van der Waals surface area contributed by atoms with Crippen molar-refractivity contribution in [2.24, 2.45) is 0 Å². The summed E-state index contributed by atoms with van der Waals surface area (Å²) in [5, 5.41) is 5.65. The predicted octanol–water partition coefficient (Wildman–Crippen LogP) is 3.60. The van der Waals surface area contributed by atoms with E-state index in [0.29, 0.717) is 21.4 Å². The van der Waals surface area contributed by atoms with Gasteiger partial charge in [0.25, 0.3) is 5.91 Å². The maximum Gasteiger partial charge on any atom is 0.257 e.